The molecule has 1 saturated carbocycles. The van der Waals surface area contributed by atoms with Crippen LogP contribution >= 0.6 is 0 Å². The molecular weight excluding hydrogens is 294 g/mol. The van der Waals surface area contributed by atoms with E-state index in [0.717, 1.165) is 31.2 Å². The first-order valence-corrected chi connectivity index (χ1v) is 8.52. The van der Waals surface area contributed by atoms with Gasteiger partial charge in [-0.15, -0.1) is 0 Å². The van der Waals surface area contributed by atoms with Gasteiger partial charge < -0.3 is 15.1 Å². The van der Waals surface area contributed by atoms with Crippen molar-refractivity contribution in [1.82, 2.24) is 9.97 Å². The molecule has 2 atom stereocenters. The minimum atomic E-state index is -1.09. The van der Waals surface area contributed by atoms with E-state index in [9.17, 15) is 15.0 Å². The van der Waals surface area contributed by atoms with Crippen LogP contribution < -0.4 is 4.90 Å². The molecule has 1 saturated heterocycles. The fourth-order valence-corrected chi connectivity index (χ4v) is 3.51. The number of aliphatic hydroxyl groups excluding tert-OH is 1. The van der Waals surface area contributed by atoms with Gasteiger partial charge in [0.15, 0.2) is 0 Å². The van der Waals surface area contributed by atoms with Crippen molar-refractivity contribution in [3.63, 3.8) is 0 Å². The third-order valence-corrected chi connectivity index (χ3v) is 5.07. The van der Waals surface area contributed by atoms with Crippen LogP contribution in [0.15, 0.2) is 12.4 Å². The molecule has 1 aliphatic heterocycles. The second kappa shape index (κ2) is 6.43. The highest BCUT2D eigenvalue weighted by Gasteiger charge is 2.52. The molecule has 23 heavy (non-hydrogen) atoms. The zero-order valence-electron chi connectivity index (χ0n) is 13.6. The van der Waals surface area contributed by atoms with Gasteiger partial charge in [0.05, 0.1) is 6.10 Å². The number of carboxylic acid groups (broad SMARTS) is 1. The Morgan fingerprint density at radius 1 is 1.35 bits per heavy atom. The molecule has 3 rings (SSSR count). The van der Waals surface area contributed by atoms with Gasteiger partial charge in [0, 0.05) is 25.5 Å². The molecule has 0 spiro atoms. The maximum atomic E-state index is 11.9. The average Bonchev–Trinajstić information content (AvgIpc) is 3.34. The second-order valence-electron chi connectivity index (χ2n) is 6.98. The SMILES string of the molecule is CCCc1cnc(N2CC[C@H](O)[C@@](CC3CC3)(C(=O)O)C2)nc1. The molecule has 1 aliphatic carbocycles. The number of anilines is 1. The molecule has 6 heteroatoms. The molecule has 0 unspecified atom stereocenters. The second-order valence-corrected chi connectivity index (χ2v) is 6.98. The number of aliphatic carboxylic acids is 1. The zero-order valence-corrected chi connectivity index (χ0v) is 13.6. The number of carboxylic acids is 1. The normalized spacial score (nSPS) is 27.9. The summed E-state index contributed by atoms with van der Waals surface area (Å²) in [6.07, 6.45) is 7.97. The molecule has 2 N–H and O–H groups in total. The van der Waals surface area contributed by atoms with Gasteiger partial charge in [0.2, 0.25) is 5.95 Å². The van der Waals surface area contributed by atoms with Crippen LogP contribution in [0.3, 0.4) is 0 Å². The van der Waals surface area contributed by atoms with Crippen LogP contribution in [0.1, 0.15) is 44.6 Å². The van der Waals surface area contributed by atoms with Crippen LogP contribution in [-0.2, 0) is 11.2 Å². The van der Waals surface area contributed by atoms with Crippen molar-refractivity contribution in [2.75, 3.05) is 18.0 Å². The molecule has 0 aromatic carbocycles. The van der Waals surface area contributed by atoms with Gasteiger partial charge in [-0.05, 0) is 30.7 Å². The summed E-state index contributed by atoms with van der Waals surface area (Å²) in [7, 11) is 0. The van der Waals surface area contributed by atoms with Crippen molar-refractivity contribution in [3.05, 3.63) is 18.0 Å². The van der Waals surface area contributed by atoms with Crippen LogP contribution in [0.25, 0.3) is 0 Å². The Morgan fingerprint density at radius 2 is 2.04 bits per heavy atom. The van der Waals surface area contributed by atoms with E-state index in [-0.39, 0.29) is 6.54 Å². The Labute approximate surface area is 136 Å². The van der Waals surface area contributed by atoms with Gasteiger partial charge in [-0.2, -0.15) is 0 Å². The van der Waals surface area contributed by atoms with Gasteiger partial charge in [0.25, 0.3) is 0 Å². The summed E-state index contributed by atoms with van der Waals surface area (Å²) in [5, 5.41) is 20.2. The van der Waals surface area contributed by atoms with Crippen LogP contribution in [0.2, 0.25) is 0 Å². The third kappa shape index (κ3) is 3.32. The van der Waals surface area contributed by atoms with Gasteiger partial charge in [-0.1, -0.05) is 26.2 Å². The summed E-state index contributed by atoms with van der Waals surface area (Å²) in [6, 6.07) is 0. The Bertz CT molecular complexity index is 559. The van der Waals surface area contributed by atoms with Gasteiger partial charge >= 0.3 is 5.97 Å². The lowest BCUT2D eigenvalue weighted by Gasteiger charge is -2.43. The van der Waals surface area contributed by atoms with Gasteiger partial charge in [-0.25, -0.2) is 9.97 Å². The van der Waals surface area contributed by atoms with Gasteiger partial charge in [-0.3, -0.25) is 4.79 Å². The van der Waals surface area contributed by atoms with E-state index in [1.165, 1.54) is 0 Å². The lowest BCUT2D eigenvalue weighted by Crippen LogP contribution is -2.56. The standard InChI is InChI=1S/C17H25N3O3/c1-2-3-13-9-18-16(19-10-13)20-7-6-14(21)17(11-20,15(22)23)8-12-4-5-12/h9-10,12,14,21H,2-8,11H2,1H3,(H,22,23)/t14-,17-/m0/s1. The van der Waals surface area contributed by atoms with Crippen molar-refractivity contribution < 1.29 is 15.0 Å². The predicted octanol–water partition coefficient (Wildman–Crippen LogP) is 1.87. The summed E-state index contributed by atoms with van der Waals surface area (Å²) in [4.78, 5) is 22.7. The van der Waals surface area contributed by atoms with Crippen LogP contribution in [-0.4, -0.2) is 45.3 Å². The summed E-state index contributed by atoms with van der Waals surface area (Å²) in [6.45, 7) is 2.99. The first kappa shape index (κ1) is 16.2. The minimum absolute atomic E-state index is 0.285. The average molecular weight is 319 g/mol. The molecule has 1 aromatic heterocycles. The number of rotatable bonds is 6. The highest BCUT2D eigenvalue weighted by atomic mass is 16.4. The number of hydrogen-bond acceptors (Lipinski definition) is 5. The summed E-state index contributed by atoms with van der Waals surface area (Å²) in [5.41, 5.74) is 0.000914. The number of hydrogen-bond donors (Lipinski definition) is 2. The third-order valence-electron chi connectivity index (χ3n) is 5.07. The van der Waals surface area contributed by atoms with Crippen molar-refractivity contribution in [2.24, 2.45) is 11.3 Å². The van der Waals surface area contributed by atoms with Crippen molar-refractivity contribution in [1.29, 1.82) is 0 Å². The molecule has 126 valence electrons. The van der Waals surface area contributed by atoms with E-state index < -0.39 is 17.5 Å². The molecule has 2 fully saturated rings. The van der Waals surface area contributed by atoms with E-state index >= 15 is 0 Å². The quantitative estimate of drug-likeness (QED) is 0.832. The van der Waals surface area contributed by atoms with E-state index in [1.54, 1.807) is 0 Å². The largest absolute Gasteiger partial charge is 0.481 e. The van der Waals surface area contributed by atoms with E-state index in [0.29, 0.717) is 31.3 Å². The molecule has 2 heterocycles. The van der Waals surface area contributed by atoms with Crippen LogP contribution in [0, 0.1) is 11.3 Å². The fourth-order valence-electron chi connectivity index (χ4n) is 3.51. The number of carbonyl (C=O) groups is 1. The van der Waals surface area contributed by atoms with Crippen LogP contribution in [0.5, 0.6) is 0 Å². The highest BCUT2D eigenvalue weighted by Crippen LogP contribution is 2.45. The fraction of sp³-hybridized carbons (Fsp3) is 0.706. The maximum Gasteiger partial charge on any atom is 0.314 e. The lowest BCUT2D eigenvalue weighted by molar-refractivity contribution is -0.158. The molecule has 2 aliphatic rings. The summed E-state index contributed by atoms with van der Waals surface area (Å²) >= 11 is 0. The number of nitrogens with zero attached hydrogens (tertiary/aromatic N) is 3. The Hall–Kier alpha value is -1.69. The Kier molecular flexibility index (Phi) is 4.53. The van der Waals surface area contributed by atoms with Gasteiger partial charge in [0.1, 0.15) is 5.41 Å². The zero-order chi connectivity index (χ0) is 16.4. The molecular formula is C17H25N3O3. The van der Waals surface area contributed by atoms with E-state index in [2.05, 4.69) is 16.9 Å². The van der Waals surface area contributed by atoms with Crippen LogP contribution in [0.4, 0.5) is 5.95 Å². The molecule has 6 nitrogen and oxygen atoms in total. The first-order chi connectivity index (χ1) is 11.0. The maximum absolute atomic E-state index is 11.9. The van der Waals surface area contributed by atoms with E-state index in [1.807, 2.05) is 17.3 Å². The number of aryl methyl sites for hydroxylation is 1. The minimum Gasteiger partial charge on any atom is -0.481 e. The summed E-state index contributed by atoms with van der Waals surface area (Å²) in [5.74, 6) is 0.107. The van der Waals surface area contributed by atoms with Crippen molar-refractivity contribution >= 4 is 11.9 Å². The van der Waals surface area contributed by atoms with Crippen molar-refractivity contribution in [3.8, 4) is 0 Å². The topological polar surface area (TPSA) is 86.5 Å². The highest BCUT2D eigenvalue weighted by molar-refractivity contribution is 5.77. The number of aliphatic hydroxyl groups is 1. The Balaban J connectivity index is 1.79. The Morgan fingerprint density at radius 3 is 2.61 bits per heavy atom. The number of aromatic nitrogens is 2. The number of piperidine rings is 1. The molecule has 0 radical (unpaired) electrons. The first-order valence-electron chi connectivity index (χ1n) is 8.52. The summed E-state index contributed by atoms with van der Waals surface area (Å²) < 4.78 is 0. The predicted molar refractivity (Wildman–Crippen MR) is 86.3 cm³/mol. The monoisotopic (exact) mass is 319 g/mol. The lowest BCUT2D eigenvalue weighted by atomic mass is 9.73. The molecule has 1 aromatic rings. The molecule has 0 bridgehead atoms. The van der Waals surface area contributed by atoms with E-state index in [4.69, 9.17) is 0 Å². The smallest absolute Gasteiger partial charge is 0.314 e. The van der Waals surface area contributed by atoms with Crippen molar-refractivity contribution in [2.45, 2.75) is 51.6 Å². The molecule has 0 amide bonds.